The number of rotatable bonds is 3. The molecule has 4 aromatic rings. The Hall–Kier alpha value is -2.98. The Morgan fingerprint density at radius 2 is 1.65 bits per heavy atom. The van der Waals surface area contributed by atoms with Gasteiger partial charge in [-0.2, -0.15) is 0 Å². The smallest absolute Gasteiger partial charge is 0.234 e. The van der Waals surface area contributed by atoms with E-state index in [1.54, 1.807) is 6.20 Å². The van der Waals surface area contributed by atoms with E-state index < -0.39 is 0 Å². The van der Waals surface area contributed by atoms with E-state index in [1.807, 2.05) is 30.5 Å². The molecular weight excluding hydrogens is 320 g/mol. The van der Waals surface area contributed by atoms with Crippen LogP contribution in [0.2, 0.25) is 0 Å². The molecule has 2 N–H and O–H groups in total. The zero-order valence-electron chi connectivity index (χ0n) is 14.5. The number of benzene rings is 2. The van der Waals surface area contributed by atoms with E-state index in [4.69, 9.17) is 10.7 Å². The molecule has 128 valence electrons. The summed E-state index contributed by atoms with van der Waals surface area (Å²) >= 11 is 0. The van der Waals surface area contributed by atoms with Crippen molar-refractivity contribution in [2.75, 3.05) is 0 Å². The number of hydrogen-bond acceptors (Lipinski definition) is 3. The van der Waals surface area contributed by atoms with Crippen molar-refractivity contribution >= 4 is 5.78 Å². The maximum atomic E-state index is 6.47. The summed E-state index contributed by atoms with van der Waals surface area (Å²) in [6.45, 7) is 0. The van der Waals surface area contributed by atoms with E-state index in [-0.39, 0.29) is 5.54 Å². The van der Waals surface area contributed by atoms with Gasteiger partial charge in [-0.25, -0.2) is 9.97 Å². The first-order valence-electron chi connectivity index (χ1n) is 9.03. The lowest BCUT2D eigenvalue weighted by Gasteiger charge is -2.38. The van der Waals surface area contributed by atoms with Crippen LogP contribution < -0.4 is 5.73 Å². The number of aromatic nitrogens is 3. The third kappa shape index (κ3) is 2.34. The maximum Gasteiger partial charge on any atom is 0.234 e. The minimum Gasteiger partial charge on any atom is -0.321 e. The Balaban J connectivity index is 1.67. The van der Waals surface area contributed by atoms with Gasteiger partial charge in [-0.1, -0.05) is 54.6 Å². The predicted molar refractivity (Wildman–Crippen MR) is 104 cm³/mol. The second kappa shape index (κ2) is 5.78. The van der Waals surface area contributed by atoms with Crippen LogP contribution in [0, 0.1) is 0 Å². The summed E-state index contributed by atoms with van der Waals surface area (Å²) in [5, 5.41) is 0. The van der Waals surface area contributed by atoms with Crippen LogP contribution in [0.25, 0.3) is 28.3 Å². The molecule has 0 spiro atoms. The van der Waals surface area contributed by atoms with Crippen LogP contribution >= 0.6 is 0 Å². The molecular formula is C22H20N4. The molecule has 0 aliphatic heterocycles. The average molecular weight is 340 g/mol. The molecule has 0 bridgehead atoms. The number of fused-ring (bicyclic) bond motifs is 1. The second-order valence-electron chi connectivity index (χ2n) is 7.05. The highest BCUT2D eigenvalue weighted by Gasteiger charge is 2.34. The highest BCUT2D eigenvalue weighted by atomic mass is 15.1. The van der Waals surface area contributed by atoms with Crippen molar-refractivity contribution in [1.82, 2.24) is 14.4 Å². The van der Waals surface area contributed by atoms with E-state index in [2.05, 4.69) is 45.8 Å². The summed E-state index contributed by atoms with van der Waals surface area (Å²) in [5.74, 6) is 0.708. The summed E-state index contributed by atoms with van der Waals surface area (Å²) in [5.41, 5.74) is 11.8. The number of nitrogens with two attached hydrogens (primary N) is 1. The summed E-state index contributed by atoms with van der Waals surface area (Å²) in [6.07, 6.45) is 7.14. The number of nitrogens with zero attached hydrogens (tertiary/aromatic N) is 3. The Bertz CT molecular complexity index is 1060. The van der Waals surface area contributed by atoms with Gasteiger partial charge in [0, 0.05) is 29.1 Å². The number of imidazole rings is 1. The molecule has 0 amide bonds. The van der Waals surface area contributed by atoms with Crippen molar-refractivity contribution < 1.29 is 0 Å². The number of hydrogen-bond donors (Lipinski definition) is 1. The van der Waals surface area contributed by atoms with Crippen molar-refractivity contribution in [3.8, 4) is 22.5 Å². The van der Waals surface area contributed by atoms with Gasteiger partial charge in [0.15, 0.2) is 0 Å². The third-order valence-electron chi connectivity index (χ3n) is 5.43. The molecule has 1 saturated carbocycles. The fourth-order valence-electron chi connectivity index (χ4n) is 3.77. The van der Waals surface area contributed by atoms with Crippen LogP contribution in [-0.2, 0) is 5.54 Å². The SMILES string of the molecule is NC1(c2ccc(-c3nc4ncccn4c3-c3ccccc3)cc2)CCC1. The molecule has 0 atom stereocenters. The first-order valence-corrected chi connectivity index (χ1v) is 9.03. The van der Waals surface area contributed by atoms with E-state index in [0.717, 1.165) is 35.4 Å². The molecule has 0 saturated heterocycles. The Kier molecular flexibility index (Phi) is 3.40. The Morgan fingerprint density at radius 1 is 0.885 bits per heavy atom. The van der Waals surface area contributed by atoms with Crippen LogP contribution in [0.4, 0.5) is 0 Å². The molecule has 1 aliphatic carbocycles. The second-order valence-corrected chi connectivity index (χ2v) is 7.05. The normalized spacial score (nSPS) is 15.7. The van der Waals surface area contributed by atoms with E-state index in [9.17, 15) is 0 Å². The van der Waals surface area contributed by atoms with Gasteiger partial charge in [-0.05, 0) is 30.9 Å². The fourth-order valence-corrected chi connectivity index (χ4v) is 3.77. The fraction of sp³-hybridized carbons (Fsp3) is 0.182. The minimum atomic E-state index is -0.138. The van der Waals surface area contributed by atoms with Crippen molar-refractivity contribution in [1.29, 1.82) is 0 Å². The Labute approximate surface area is 152 Å². The van der Waals surface area contributed by atoms with E-state index >= 15 is 0 Å². The van der Waals surface area contributed by atoms with Gasteiger partial charge < -0.3 is 5.73 Å². The lowest BCUT2D eigenvalue weighted by atomic mass is 9.72. The standard InChI is InChI=1S/C22H20N4/c23-22(12-4-13-22)18-10-8-16(9-11-18)19-20(17-6-2-1-3-7-17)26-15-5-14-24-21(26)25-19/h1-3,5-11,14-15H,4,12-13,23H2. The molecule has 5 rings (SSSR count). The summed E-state index contributed by atoms with van der Waals surface area (Å²) in [6, 6.07) is 20.9. The molecule has 4 nitrogen and oxygen atoms in total. The topological polar surface area (TPSA) is 56.2 Å². The molecule has 0 unspecified atom stereocenters. The van der Waals surface area contributed by atoms with Crippen molar-refractivity contribution in [3.63, 3.8) is 0 Å². The summed E-state index contributed by atoms with van der Waals surface area (Å²) < 4.78 is 2.05. The molecule has 2 heterocycles. The third-order valence-corrected chi connectivity index (χ3v) is 5.43. The van der Waals surface area contributed by atoms with Gasteiger partial charge in [-0.15, -0.1) is 0 Å². The van der Waals surface area contributed by atoms with Gasteiger partial charge in [0.1, 0.15) is 0 Å². The van der Waals surface area contributed by atoms with Crippen molar-refractivity contribution in [2.45, 2.75) is 24.8 Å². The van der Waals surface area contributed by atoms with Gasteiger partial charge in [0.25, 0.3) is 0 Å². The lowest BCUT2D eigenvalue weighted by Crippen LogP contribution is -2.43. The van der Waals surface area contributed by atoms with Crippen LogP contribution in [0.15, 0.2) is 73.1 Å². The summed E-state index contributed by atoms with van der Waals surface area (Å²) in [4.78, 5) is 9.23. The molecule has 1 fully saturated rings. The van der Waals surface area contributed by atoms with E-state index in [0.29, 0.717) is 5.78 Å². The first-order chi connectivity index (χ1) is 12.7. The van der Waals surface area contributed by atoms with Crippen molar-refractivity contribution in [3.05, 3.63) is 78.6 Å². The van der Waals surface area contributed by atoms with Crippen LogP contribution in [0.3, 0.4) is 0 Å². The molecule has 1 aliphatic rings. The monoisotopic (exact) mass is 340 g/mol. The quantitative estimate of drug-likeness (QED) is 0.601. The van der Waals surface area contributed by atoms with Crippen LogP contribution in [0.1, 0.15) is 24.8 Å². The van der Waals surface area contributed by atoms with Crippen LogP contribution in [-0.4, -0.2) is 14.4 Å². The predicted octanol–water partition coefficient (Wildman–Crippen LogP) is 4.40. The largest absolute Gasteiger partial charge is 0.321 e. The highest BCUT2D eigenvalue weighted by Crippen LogP contribution is 2.40. The Morgan fingerprint density at radius 3 is 2.35 bits per heavy atom. The molecule has 4 heteroatoms. The summed E-state index contributed by atoms with van der Waals surface area (Å²) in [7, 11) is 0. The maximum absolute atomic E-state index is 6.47. The van der Waals surface area contributed by atoms with Gasteiger partial charge >= 0.3 is 0 Å². The van der Waals surface area contributed by atoms with Gasteiger partial charge in [-0.3, -0.25) is 4.40 Å². The van der Waals surface area contributed by atoms with E-state index in [1.165, 1.54) is 12.0 Å². The average Bonchev–Trinajstić information content (AvgIpc) is 3.06. The zero-order valence-corrected chi connectivity index (χ0v) is 14.5. The first kappa shape index (κ1) is 15.3. The lowest BCUT2D eigenvalue weighted by molar-refractivity contribution is 0.253. The molecule has 26 heavy (non-hydrogen) atoms. The van der Waals surface area contributed by atoms with Gasteiger partial charge in [0.2, 0.25) is 5.78 Å². The molecule has 2 aromatic carbocycles. The zero-order chi connectivity index (χ0) is 17.6. The van der Waals surface area contributed by atoms with Crippen molar-refractivity contribution in [2.24, 2.45) is 5.73 Å². The highest BCUT2D eigenvalue weighted by molar-refractivity contribution is 5.81. The molecule has 2 aromatic heterocycles. The molecule has 0 radical (unpaired) electrons. The minimum absolute atomic E-state index is 0.138. The van der Waals surface area contributed by atoms with Gasteiger partial charge in [0.05, 0.1) is 11.4 Å². The van der Waals surface area contributed by atoms with Crippen LogP contribution in [0.5, 0.6) is 0 Å².